The van der Waals surface area contributed by atoms with E-state index < -0.39 is 0 Å². The molecule has 1 fully saturated rings. The Labute approximate surface area is 151 Å². The predicted molar refractivity (Wildman–Crippen MR) is 99.0 cm³/mol. The molecule has 1 aromatic heterocycles. The number of amides is 2. The summed E-state index contributed by atoms with van der Waals surface area (Å²) in [4.78, 5) is 26.7. The van der Waals surface area contributed by atoms with Crippen molar-refractivity contribution in [3.8, 4) is 0 Å². The highest BCUT2D eigenvalue weighted by Crippen LogP contribution is 2.30. The Bertz CT molecular complexity index is 815. The van der Waals surface area contributed by atoms with Crippen molar-refractivity contribution in [1.29, 1.82) is 0 Å². The third kappa shape index (κ3) is 3.56. The topological polar surface area (TPSA) is 75.2 Å². The predicted octanol–water partition coefficient (Wildman–Crippen LogP) is 3.27. The first kappa shape index (κ1) is 17.5. The Balaban J connectivity index is 1.71. The van der Waals surface area contributed by atoms with E-state index in [0.717, 1.165) is 21.8 Å². The number of carbonyl (C=O) groups excluding carboxylic acids is 2. The van der Waals surface area contributed by atoms with E-state index in [4.69, 9.17) is 0 Å². The van der Waals surface area contributed by atoms with Crippen LogP contribution in [0.15, 0.2) is 18.2 Å². The maximum absolute atomic E-state index is 12.5. The number of hydrogen-bond acceptors (Lipinski definition) is 5. The average Bonchev–Trinajstić information content (AvgIpc) is 3.17. The molecular weight excluding hydrogens is 336 g/mol. The fraction of sp³-hybridized carbons (Fsp3) is 0.444. The summed E-state index contributed by atoms with van der Waals surface area (Å²) in [7, 11) is 0. The standard InChI is InChI=1S/C18H22N4O2S/c1-10(2)17-20-21-18(25-17)19-16(24)13-8-15(23)22(9-13)14-7-5-6-11(3)12(14)4/h5-7,10,13H,8-9H2,1-4H3,(H,19,21,24)/t13-/m1/s1. The number of aryl methyl sites for hydroxylation is 1. The zero-order valence-electron chi connectivity index (χ0n) is 14.9. The zero-order chi connectivity index (χ0) is 18.1. The number of aromatic nitrogens is 2. The zero-order valence-corrected chi connectivity index (χ0v) is 15.7. The molecule has 132 valence electrons. The molecule has 2 amide bonds. The molecule has 0 bridgehead atoms. The molecule has 1 N–H and O–H groups in total. The molecule has 1 atom stereocenters. The Morgan fingerprint density at radius 3 is 2.76 bits per heavy atom. The third-order valence-corrected chi connectivity index (χ3v) is 5.67. The van der Waals surface area contributed by atoms with Gasteiger partial charge in [-0.25, -0.2) is 0 Å². The van der Waals surface area contributed by atoms with Gasteiger partial charge < -0.3 is 10.2 Å². The fourth-order valence-electron chi connectivity index (χ4n) is 2.87. The summed E-state index contributed by atoms with van der Waals surface area (Å²) in [6.07, 6.45) is 0.217. The maximum Gasteiger partial charge on any atom is 0.231 e. The molecule has 2 heterocycles. The van der Waals surface area contributed by atoms with Gasteiger partial charge in [0.25, 0.3) is 0 Å². The van der Waals surface area contributed by atoms with Crippen molar-refractivity contribution in [1.82, 2.24) is 10.2 Å². The van der Waals surface area contributed by atoms with E-state index in [1.54, 1.807) is 4.90 Å². The lowest BCUT2D eigenvalue weighted by atomic mass is 10.1. The van der Waals surface area contributed by atoms with E-state index in [0.29, 0.717) is 11.7 Å². The van der Waals surface area contributed by atoms with E-state index in [1.165, 1.54) is 11.3 Å². The first-order valence-electron chi connectivity index (χ1n) is 8.37. The summed E-state index contributed by atoms with van der Waals surface area (Å²) in [6, 6.07) is 5.89. The minimum absolute atomic E-state index is 0.0195. The average molecular weight is 358 g/mol. The van der Waals surface area contributed by atoms with Crippen LogP contribution in [0.2, 0.25) is 0 Å². The molecule has 1 saturated heterocycles. The molecule has 1 aliphatic heterocycles. The molecule has 6 nitrogen and oxygen atoms in total. The van der Waals surface area contributed by atoms with Gasteiger partial charge in [-0.2, -0.15) is 0 Å². The van der Waals surface area contributed by atoms with E-state index in [-0.39, 0.29) is 30.1 Å². The first-order valence-corrected chi connectivity index (χ1v) is 9.19. The van der Waals surface area contributed by atoms with Gasteiger partial charge in [0.15, 0.2) is 0 Å². The Kier molecular flexibility index (Phi) is 4.85. The second kappa shape index (κ2) is 6.92. The molecule has 3 rings (SSSR count). The summed E-state index contributed by atoms with van der Waals surface area (Å²) in [5.41, 5.74) is 3.09. The number of nitrogens with one attached hydrogen (secondary N) is 1. The van der Waals surface area contributed by atoms with Gasteiger partial charge in [-0.15, -0.1) is 10.2 Å². The number of hydrogen-bond donors (Lipinski definition) is 1. The third-order valence-electron chi connectivity index (χ3n) is 4.53. The molecule has 2 aromatic rings. The lowest BCUT2D eigenvalue weighted by Crippen LogP contribution is -2.28. The van der Waals surface area contributed by atoms with Crippen LogP contribution >= 0.6 is 11.3 Å². The maximum atomic E-state index is 12.5. The Morgan fingerprint density at radius 2 is 2.08 bits per heavy atom. The highest BCUT2D eigenvalue weighted by molar-refractivity contribution is 7.15. The molecule has 7 heteroatoms. The smallest absolute Gasteiger partial charge is 0.231 e. The van der Waals surface area contributed by atoms with Crippen molar-refractivity contribution < 1.29 is 9.59 Å². The number of nitrogens with zero attached hydrogens (tertiary/aromatic N) is 3. The SMILES string of the molecule is Cc1cccc(N2C[C@H](C(=O)Nc3nnc(C(C)C)s3)CC2=O)c1C. The number of benzene rings is 1. The van der Waals surface area contributed by atoms with Crippen LogP contribution in [0.5, 0.6) is 0 Å². The number of anilines is 2. The van der Waals surface area contributed by atoms with E-state index >= 15 is 0 Å². The van der Waals surface area contributed by atoms with Crippen LogP contribution in [0, 0.1) is 19.8 Å². The van der Waals surface area contributed by atoms with Crippen molar-refractivity contribution in [3.05, 3.63) is 34.3 Å². The first-order chi connectivity index (χ1) is 11.9. The van der Waals surface area contributed by atoms with Crippen molar-refractivity contribution in [3.63, 3.8) is 0 Å². The lowest BCUT2D eigenvalue weighted by molar-refractivity contribution is -0.122. The molecular formula is C18H22N4O2S. The molecule has 25 heavy (non-hydrogen) atoms. The summed E-state index contributed by atoms with van der Waals surface area (Å²) < 4.78 is 0. The highest BCUT2D eigenvalue weighted by Gasteiger charge is 2.36. The highest BCUT2D eigenvalue weighted by atomic mass is 32.1. The van der Waals surface area contributed by atoms with Gasteiger partial charge in [-0.3, -0.25) is 9.59 Å². The van der Waals surface area contributed by atoms with Gasteiger partial charge in [0.05, 0.1) is 5.92 Å². The van der Waals surface area contributed by atoms with Gasteiger partial charge in [0.1, 0.15) is 5.01 Å². The largest absolute Gasteiger partial charge is 0.311 e. The van der Waals surface area contributed by atoms with E-state index in [2.05, 4.69) is 15.5 Å². The monoisotopic (exact) mass is 358 g/mol. The summed E-state index contributed by atoms with van der Waals surface area (Å²) >= 11 is 1.38. The van der Waals surface area contributed by atoms with Gasteiger partial charge in [0, 0.05) is 24.6 Å². The van der Waals surface area contributed by atoms with Crippen LogP contribution in [-0.2, 0) is 9.59 Å². The Morgan fingerprint density at radius 1 is 1.32 bits per heavy atom. The molecule has 0 saturated carbocycles. The van der Waals surface area contributed by atoms with Crippen LogP contribution in [0.3, 0.4) is 0 Å². The molecule has 0 spiro atoms. The van der Waals surface area contributed by atoms with Crippen molar-refractivity contribution in [2.45, 2.75) is 40.0 Å². The fourth-order valence-corrected chi connectivity index (χ4v) is 3.62. The van der Waals surface area contributed by atoms with Crippen LogP contribution in [0.4, 0.5) is 10.8 Å². The number of carbonyl (C=O) groups is 2. The van der Waals surface area contributed by atoms with Gasteiger partial charge in [0.2, 0.25) is 16.9 Å². The Hall–Kier alpha value is -2.28. The summed E-state index contributed by atoms with van der Waals surface area (Å²) in [6.45, 7) is 8.48. The second-order valence-corrected chi connectivity index (χ2v) is 7.72. The molecule has 1 aliphatic rings. The van der Waals surface area contributed by atoms with Crippen molar-refractivity contribution >= 4 is 34.0 Å². The van der Waals surface area contributed by atoms with Crippen LogP contribution in [-0.4, -0.2) is 28.6 Å². The minimum Gasteiger partial charge on any atom is -0.311 e. The molecule has 0 unspecified atom stereocenters. The summed E-state index contributed by atoms with van der Waals surface area (Å²) in [5.74, 6) is -0.295. The normalized spacial score (nSPS) is 17.4. The molecule has 0 radical (unpaired) electrons. The van der Waals surface area contributed by atoms with Crippen LogP contribution in [0.1, 0.15) is 42.3 Å². The van der Waals surface area contributed by atoms with Crippen LogP contribution in [0.25, 0.3) is 0 Å². The van der Waals surface area contributed by atoms with Gasteiger partial charge >= 0.3 is 0 Å². The molecule has 1 aromatic carbocycles. The van der Waals surface area contributed by atoms with E-state index in [1.807, 2.05) is 45.9 Å². The molecule has 0 aliphatic carbocycles. The second-order valence-electron chi connectivity index (χ2n) is 6.71. The number of rotatable bonds is 4. The van der Waals surface area contributed by atoms with Gasteiger partial charge in [-0.05, 0) is 31.0 Å². The minimum atomic E-state index is -0.376. The van der Waals surface area contributed by atoms with E-state index in [9.17, 15) is 9.59 Å². The quantitative estimate of drug-likeness (QED) is 0.910. The van der Waals surface area contributed by atoms with Crippen LogP contribution < -0.4 is 10.2 Å². The van der Waals surface area contributed by atoms with Gasteiger partial charge in [-0.1, -0.05) is 37.3 Å². The van der Waals surface area contributed by atoms with Crippen molar-refractivity contribution in [2.24, 2.45) is 5.92 Å². The summed E-state index contributed by atoms with van der Waals surface area (Å²) in [5, 5.41) is 12.3. The van der Waals surface area contributed by atoms with Crippen molar-refractivity contribution in [2.75, 3.05) is 16.8 Å². The lowest BCUT2D eigenvalue weighted by Gasteiger charge is -2.20.